The molecule has 0 rings (SSSR count). The molecule has 0 aliphatic carbocycles. The Bertz CT molecular complexity index is 211. The summed E-state index contributed by atoms with van der Waals surface area (Å²) >= 11 is 2.46. The Balaban J connectivity index is 4.33. The Labute approximate surface area is 78.7 Å². The van der Waals surface area contributed by atoms with Gasteiger partial charge in [0, 0.05) is 6.42 Å². The van der Waals surface area contributed by atoms with Crippen molar-refractivity contribution in [3.05, 3.63) is 0 Å². The van der Waals surface area contributed by atoms with E-state index in [2.05, 4.69) is 20.1 Å². The first-order valence-corrected chi connectivity index (χ1v) is 3.96. The van der Waals surface area contributed by atoms with Gasteiger partial charge in [-0.15, -0.1) is 0 Å². The zero-order valence-electron chi connectivity index (χ0n) is 6.80. The highest BCUT2D eigenvalue weighted by atomic mass is 79.9. The molecule has 5 heteroatoms. The van der Waals surface area contributed by atoms with Crippen molar-refractivity contribution in [2.45, 2.75) is 20.3 Å². The largest absolute Gasteiger partial charge is 0.383 e. The van der Waals surface area contributed by atoms with Crippen LogP contribution in [0.25, 0.3) is 0 Å². The molecule has 0 aromatic carbocycles. The molecular weight excluding hydrogens is 228 g/mol. The number of rotatable bonds is 4. The molecule has 0 radical (unpaired) electrons. The molecule has 0 spiro atoms. The van der Waals surface area contributed by atoms with E-state index in [4.69, 9.17) is 0 Å². The number of hydrogen-bond acceptors (Lipinski definition) is 4. The van der Waals surface area contributed by atoms with Gasteiger partial charge in [0.1, 0.15) is 17.5 Å². The van der Waals surface area contributed by atoms with Gasteiger partial charge in [-0.2, -0.15) is 0 Å². The van der Waals surface area contributed by atoms with Crippen molar-refractivity contribution in [2.75, 3.05) is 0 Å². The average Bonchev–Trinajstić information content (AvgIpc) is 1.98. The van der Waals surface area contributed by atoms with Gasteiger partial charge in [0.15, 0.2) is 16.3 Å². The summed E-state index contributed by atoms with van der Waals surface area (Å²) in [6.45, 7) is 2.56. The highest BCUT2D eigenvalue weighted by Gasteiger charge is 2.25. The SMILES string of the molecule is CC(=O)CC(C(C)=O)C(=O)OBr. The molecule has 1 unspecified atom stereocenters. The van der Waals surface area contributed by atoms with Crippen molar-refractivity contribution in [2.24, 2.45) is 5.92 Å². The van der Waals surface area contributed by atoms with E-state index in [0.29, 0.717) is 0 Å². The first kappa shape index (κ1) is 11.3. The summed E-state index contributed by atoms with van der Waals surface area (Å²) in [5.41, 5.74) is 0. The van der Waals surface area contributed by atoms with E-state index in [-0.39, 0.29) is 18.0 Å². The fraction of sp³-hybridized carbons (Fsp3) is 0.571. The molecule has 0 bridgehead atoms. The third kappa shape index (κ3) is 3.61. The van der Waals surface area contributed by atoms with Gasteiger partial charge in [-0.25, -0.2) is 0 Å². The molecule has 0 N–H and O–H groups in total. The minimum absolute atomic E-state index is 0.0975. The summed E-state index contributed by atoms with van der Waals surface area (Å²) in [6.07, 6.45) is -0.0975. The molecule has 0 aromatic rings. The zero-order valence-corrected chi connectivity index (χ0v) is 8.38. The summed E-state index contributed by atoms with van der Waals surface area (Å²) in [7, 11) is 0. The normalized spacial score (nSPS) is 11.9. The molecule has 68 valence electrons. The Hall–Kier alpha value is -0.710. The summed E-state index contributed by atoms with van der Waals surface area (Å²) < 4.78 is 4.18. The number of ketones is 2. The lowest BCUT2D eigenvalue weighted by Gasteiger charge is -2.06. The molecule has 12 heavy (non-hydrogen) atoms. The molecule has 0 saturated carbocycles. The van der Waals surface area contributed by atoms with E-state index in [1.165, 1.54) is 13.8 Å². The van der Waals surface area contributed by atoms with Crippen LogP contribution in [0.15, 0.2) is 0 Å². The number of halogens is 1. The molecule has 0 amide bonds. The second kappa shape index (κ2) is 5.03. The van der Waals surface area contributed by atoms with Gasteiger partial charge in [-0.1, -0.05) is 0 Å². The minimum Gasteiger partial charge on any atom is -0.383 e. The molecule has 1 atom stereocenters. The Kier molecular flexibility index (Phi) is 4.73. The quantitative estimate of drug-likeness (QED) is 0.685. The van der Waals surface area contributed by atoms with Crippen LogP contribution in [-0.4, -0.2) is 17.5 Å². The number of Topliss-reactive ketones (excluding diaryl/α,β-unsaturated/α-hetero) is 2. The fourth-order valence-corrected chi connectivity index (χ4v) is 0.960. The van der Waals surface area contributed by atoms with Crippen LogP contribution >= 0.6 is 16.3 Å². The highest BCUT2D eigenvalue weighted by molar-refractivity contribution is 9.06. The van der Waals surface area contributed by atoms with Crippen LogP contribution < -0.4 is 0 Å². The Morgan fingerprint density at radius 1 is 1.33 bits per heavy atom. The van der Waals surface area contributed by atoms with Crippen molar-refractivity contribution in [3.63, 3.8) is 0 Å². The first-order chi connectivity index (χ1) is 5.49. The van der Waals surface area contributed by atoms with Crippen LogP contribution in [0.5, 0.6) is 0 Å². The van der Waals surface area contributed by atoms with Crippen LogP contribution in [0.3, 0.4) is 0 Å². The van der Waals surface area contributed by atoms with Crippen molar-refractivity contribution < 1.29 is 18.2 Å². The molecule has 4 nitrogen and oxygen atoms in total. The lowest BCUT2D eigenvalue weighted by atomic mass is 9.99. The van der Waals surface area contributed by atoms with Crippen LogP contribution in [0.4, 0.5) is 0 Å². The van der Waals surface area contributed by atoms with Gasteiger partial charge < -0.3 is 3.83 Å². The van der Waals surface area contributed by atoms with Crippen molar-refractivity contribution in [1.29, 1.82) is 0 Å². The van der Waals surface area contributed by atoms with Crippen LogP contribution in [-0.2, 0) is 18.2 Å². The average molecular weight is 237 g/mol. The second-order valence-corrected chi connectivity index (χ2v) is 2.79. The maximum Gasteiger partial charge on any atom is 0.328 e. The van der Waals surface area contributed by atoms with Gasteiger partial charge in [-0.05, 0) is 13.8 Å². The predicted octanol–water partition coefficient (Wildman–Crippen LogP) is 1.02. The fourth-order valence-electron chi connectivity index (χ4n) is 0.734. The van der Waals surface area contributed by atoms with E-state index in [9.17, 15) is 14.4 Å². The standard InChI is InChI=1S/C7H9BrO4/c1-4(9)3-6(5(2)10)7(11)12-8/h6H,3H2,1-2H3. The van der Waals surface area contributed by atoms with Crippen LogP contribution in [0.1, 0.15) is 20.3 Å². The summed E-state index contributed by atoms with van der Waals surface area (Å²) in [5, 5.41) is 0. The number of carbonyl (C=O) groups excluding carboxylic acids is 3. The van der Waals surface area contributed by atoms with E-state index >= 15 is 0 Å². The summed E-state index contributed by atoms with van der Waals surface area (Å²) in [6, 6.07) is 0. The maximum absolute atomic E-state index is 10.8. The lowest BCUT2D eigenvalue weighted by Crippen LogP contribution is -2.24. The van der Waals surface area contributed by atoms with Gasteiger partial charge in [0.2, 0.25) is 0 Å². The predicted molar refractivity (Wildman–Crippen MR) is 44.5 cm³/mol. The van der Waals surface area contributed by atoms with Gasteiger partial charge in [0.05, 0.1) is 0 Å². The Morgan fingerprint density at radius 2 is 1.83 bits per heavy atom. The van der Waals surface area contributed by atoms with E-state index in [1.54, 1.807) is 0 Å². The van der Waals surface area contributed by atoms with E-state index in [1.807, 2.05) is 0 Å². The van der Waals surface area contributed by atoms with Crippen molar-refractivity contribution in [3.8, 4) is 0 Å². The minimum atomic E-state index is -0.970. The monoisotopic (exact) mass is 236 g/mol. The number of carbonyl (C=O) groups is 3. The Morgan fingerprint density at radius 3 is 2.08 bits per heavy atom. The van der Waals surface area contributed by atoms with Gasteiger partial charge in [-0.3, -0.25) is 14.4 Å². The van der Waals surface area contributed by atoms with Gasteiger partial charge >= 0.3 is 5.97 Å². The highest BCUT2D eigenvalue weighted by Crippen LogP contribution is 2.09. The lowest BCUT2D eigenvalue weighted by molar-refractivity contribution is -0.143. The first-order valence-electron chi connectivity index (χ1n) is 3.31. The molecule has 0 heterocycles. The van der Waals surface area contributed by atoms with Crippen molar-refractivity contribution in [1.82, 2.24) is 0 Å². The molecular formula is C7H9BrO4. The van der Waals surface area contributed by atoms with Crippen molar-refractivity contribution >= 4 is 33.8 Å². The third-order valence-corrected chi connectivity index (χ3v) is 1.66. The molecule has 0 aliphatic rings. The van der Waals surface area contributed by atoms with Crippen LogP contribution in [0.2, 0.25) is 0 Å². The smallest absolute Gasteiger partial charge is 0.328 e. The van der Waals surface area contributed by atoms with Crippen LogP contribution in [0, 0.1) is 5.92 Å². The zero-order chi connectivity index (χ0) is 9.72. The molecule has 0 aliphatic heterocycles. The van der Waals surface area contributed by atoms with E-state index < -0.39 is 11.9 Å². The molecule has 0 saturated heterocycles. The number of hydrogen-bond donors (Lipinski definition) is 0. The summed E-state index contributed by atoms with van der Waals surface area (Å²) in [4.78, 5) is 32.3. The third-order valence-electron chi connectivity index (χ3n) is 1.34. The molecule has 0 aromatic heterocycles. The van der Waals surface area contributed by atoms with E-state index in [0.717, 1.165) is 0 Å². The molecule has 0 fully saturated rings. The second-order valence-electron chi connectivity index (χ2n) is 2.47. The van der Waals surface area contributed by atoms with Gasteiger partial charge in [0.25, 0.3) is 0 Å². The summed E-state index contributed by atoms with van der Waals surface area (Å²) in [5.74, 6) is -2.28. The maximum atomic E-state index is 10.8. The topological polar surface area (TPSA) is 60.4 Å².